The van der Waals surface area contributed by atoms with Gasteiger partial charge in [0.25, 0.3) is 0 Å². The Bertz CT molecular complexity index is 575. The fourth-order valence-corrected chi connectivity index (χ4v) is 1.78. The summed E-state index contributed by atoms with van der Waals surface area (Å²) in [5.41, 5.74) is 1.50. The van der Waals surface area contributed by atoms with Gasteiger partial charge in [-0.1, -0.05) is 6.92 Å². The number of carbonyl (C=O) groups is 1. The third-order valence-electron chi connectivity index (χ3n) is 2.77. The third-order valence-corrected chi connectivity index (χ3v) is 2.77. The Morgan fingerprint density at radius 2 is 2.17 bits per heavy atom. The molecular formula is C14H15FN2O. The molecule has 0 atom stereocenters. The van der Waals surface area contributed by atoms with Crippen LogP contribution in [0.4, 0.5) is 4.39 Å². The summed E-state index contributed by atoms with van der Waals surface area (Å²) in [6, 6.07) is 4.38. The molecule has 4 heteroatoms. The Hall–Kier alpha value is -1.97. The van der Waals surface area contributed by atoms with Crippen molar-refractivity contribution in [3.05, 3.63) is 53.1 Å². The SMILES string of the molecule is CCCn1cc(C(=O)c2ccc(F)c(C)c2)cn1. The molecule has 0 unspecified atom stereocenters. The molecule has 1 aromatic carbocycles. The molecule has 0 amide bonds. The zero-order valence-electron chi connectivity index (χ0n) is 10.5. The summed E-state index contributed by atoms with van der Waals surface area (Å²) >= 11 is 0. The fraction of sp³-hybridized carbons (Fsp3) is 0.286. The van der Waals surface area contributed by atoms with Gasteiger partial charge in [0.05, 0.1) is 11.8 Å². The number of halogens is 1. The maximum Gasteiger partial charge on any atom is 0.196 e. The summed E-state index contributed by atoms with van der Waals surface area (Å²) < 4.78 is 14.9. The van der Waals surface area contributed by atoms with Crippen LogP contribution in [0.25, 0.3) is 0 Å². The summed E-state index contributed by atoms with van der Waals surface area (Å²) in [5, 5.41) is 4.11. The minimum Gasteiger partial charge on any atom is -0.288 e. The lowest BCUT2D eigenvalue weighted by Gasteiger charge is -2.01. The third kappa shape index (κ3) is 2.47. The van der Waals surface area contributed by atoms with E-state index in [0.717, 1.165) is 13.0 Å². The maximum absolute atomic E-state index is 13.1. The average Bonchev–Trinajstić information content (AvgIpc) is 2.81. The van der Waals surface area contributed by atoms with Crippen molar-refractivity contribution in [3.8, 4) is 0 Å². The minimum absolute atomic E-state index is 0.125. The van der Waals surface area contributed by atoms with Gasteiger partial charge in [-0.05, 0) is 37.1 Å². The molecule has 1 aromatic heterocycles. The van der Waals surface area contributed by atoms with E-state index in [1.54, 1.807) is 30.1 Å². The Morgan fingerprint density at radius 3 is 2.83 bits per heavy atom. The lowest BCUT2D eigenvalue weighted by atomic mass is 10.0. The minimum atomic E-state index is -0.298. The fourth-order valence-electron chi connectivity index (χ4n) is 1.78. The van der Waals surface area contributed by atoms with Gasteiger partial charge in [0.2, 0.25) is 0 Å². The van der Waals surface area contributed by atoms with Crippen LogP contribution in [-0.4, -0.2) is 15.6 Å². The number of nitrogens with zero attached hydrogens (tertiary/aromatic N) is 2. The number of rotatable bonds is 4. The van der Waals surface area contributed by atoms with E-state index in [1.165, 1.54) is 12.1 Å². The smallest absolute Gasteiger partial charge is 0.196 e. The summed E-state index contributed by atoms with van der Waals surface area (Å²) in [6.45, 7) is 4.48. The van der Waals surface area contributed by atoms with Crippen LogP contribution in [0.2, 0.25) is 0 Å². The predicted molar refractivity (Wildman–Crippen MR) is 67.1 cm³/mol. The van der Waals surface area contributed by atoms with E-state index in [9.17, 15) is 9.18 Å². The van der Waals surface area contributed by atoms with Crippen LogP contribution in [0.15, 0.2) is 30.6 Å². The first-order valence-corrected chi connectivity index (χ1v) is 5.95. The highest BCUT2D eigenvalue weighted by atomic mass is 19.1. The van der Waals surface area contributed by atoms with Crippen molar-refractivity contribution in [2.24, 2.45) is 0 Å². The Balaban J connectivity index is 2.26. The highest BCUT2D eigenvalue weighted by Gasteiger charge is 2.12. The lowest BCUT2D eigenvalue weighted by molar-refractivity contribution is 0.103. The highest BCUT2D eigenvalue weighted by molar-refractivity contribution is 6.08. The van der Waals surface area contributed by atoms with Crippen LogP contribution in [0.3, 0.4) is 0 Å². The van der Waals surface area contributed by atoms with Gasteiger partial charge in [-0.2, -0.15) is 5.10 Å². The zero-order valence-corrected chi connectivity index (χ0v) is 10.5. The number of hydrogen-bond donors (Lipinski definition) is 0. The number of benzene rings is 1. The van der Waals surface area contributed by atoms with Crippen molar-refractivity contribution in [1.82, 2.24) is 9.78 Å². The topological polar surface area (TPSA) is 34.9 Å². The highest BCUT2D eigenvalue weighted by Crippen LogP contribution is 2.13. The van der Waals surface area contributed by atoms with Gasteiger partial charge >= 0.3 is 0 Å². The van der Waals surface area contributed by atoms with E-state index in [0.29, 0.717) is 16.7 Å². The number of hydrogen-bond acceptors (Lipinski definition) is 2. The number of ketones is 1. The first-order valence-electron chi connectivity index (χ1n) is 5.95. The normalized spacial score (nSPS) is 10.6. The molecule has 18 heavy (non-hydrogen) atoms. The number of aromatic nitrogens is 2. The summed E-state index contributed by atoms with van der Waals surface area (Å²) in [6.07, 6.45) is 4.24. The van der Waals surface area contributed by atoms with Crippen molar-refractivity contribution in [1.29, 1.82) is 0 Å². The number of carbonyl (C=O) groups excluding carboxylic acids is 1. The van der Waals surface area contributed by atoms with Crippen LogP contribution in [0.1, 0.15) is 34.8 Å². The van der Waals surface area contributed by atoms with E-state index >= 15 is 0 Å². The van der Waals surface area contributed by atoms with Gasteiger partial charge in [0, 0.05) is 18.3 Å². The summed E-state index contributed by atoms with van der Waals surface area (Å²) in [4.78, 5) is 12.2. The molecule has 0 aliphatic rings. The molecule has 0 saturated carbocycles. The van der Waals surface area contributed by atoms with E-state index in [2.05, 4.69) is 5.10 Å². The first kappa shape index (κ1) is 12.5. The molecule has 2 rings (SSSR count). The first-order chi connectivity index (χ1) is 8.61. The van der Waals surface area contributed by atoms with Crippen LogP contribution in [0.5, 0.6) is 0 Å². The summed E-state index contributed by atoms with van der Waals surface area (Å²) in [5.74, 6) is -0.423. The molecule has 94 valence electrons. The van der Waals surface area contributed by atoms with Gasteiger partial charge in [0.15, 0.2) is 5.78 Å². The molecule has 2 aromatic rings. The van der Waals surface area contributed by atoms with Crippen LogP contribution in [-0.2, 0) is 6.54 Å². The van der Waals surface area contributed by atoms with E-state index in [1.807, 2.05) is 6.92 Å². The van der Waals surface area contributed by atoms with Crippen molar-refractivity contribution in [3.63, 3.8) is 0 Å². The molecular weight excluding hydrogens is 231 g/mol. The number of aryl methyl sites for hydroxylation is 2. The van der Waals surface area contributed by atoms with E-state index in [4.69, 9.17) is 0 Å². The monoisotopic (exact) mass is 246 g/mol. The molecule has 0 bridgehead atoms. The van der Waals surface area contributed by atoms with E-state index < -0.39 is 0 Å². The van der Waals surface area contributed by atoms with Crippen LogP contribution < -0.4 is 0 Å². The Kier molecular flexibility index (Phi) is 3.55. The largest absolute Gasteiger partial charge is 0.288 e. The second kappa shape index (κ2) is 5.12. The van der Waals surface area contributed by atoms with E-state index in [-0.39, 0.29) is 11.6 Å². The quantitative estimate of drug-likeness (QED) is 0.777. The van der Waals surface area contributed by atoms with Gasteiger partial charge in [-0.3, -0.25) is 9.48 Å². The Labute approximate surface area is 105 Å². The Morgan fingerprint density at radius 1 is 1.39 bits per heavy atom. The molecule has 1 heterocycles. The van der Waals surface area contributed by atoms with Crippen molar-refractivity contribution < 1.29 is 9.18 Å². The molecule has 3 nitrogen and oxygen atoms in total. The molecule has 0 fully saturated rings. The van der Waals surface area contributed by atoms with Crippen molar-refractivity contribution in [2.45, 2.75) is 26.8 Å². The second-order valence-corrected chi connectivity index (χ2v) is 4.29. The zero-order chi connectivity index (χ0) is 13.1. The summed E-state index contributed by atoms with van der Waals surface area (Å²) in [7, 11) is 0. The molecule has 0 aliphatic heterocycles. The van der Waals surface area contributed by atoms with Crippen molar-refractivity contribution >= 4 is 5.78 Å². The van der Waals surface area contributed by atoms with Crippen molar-refractivity contribution in [2.75, 3.05) is 0 Å². The van der Waals surface area contributed by atoms with Gasteiger partial charge in [0.1, 0.15) is 5.82 Å². The standard InChI is InChI=1S/C14H15FN2O/c1-3-6-17-9-12(8-16-17)14(18)11-4-5-13(15)10(2)7-11/h4-5,7-9H,3,6H2,1-2H3. The molecule has 0 aliphatic carbocycles. The van der Waals surface area contributed by atoms with Gasteiger partial charge < -0.3 is 0 Å². The van der Waals surface area contributed by atoms with Crippen LogP contribution in [0, 0.1) is 12.7 Å². The molecule has 0 radical (unpaired) electrons. The lowest BCUT2D eigenvalue weighted by Crippen LogP contribution is -2.01. The predicted octanol–water partition coefficient (Wildman–Crippen LogP) is 2.97. The van der Waals surface area contributed by atoms with Crippen LogP contribution >= 0.6 is 0 Å². The molecule has 0 saturated heterocycles. The average molecular weight is 246 g/mol. The maximum atomic E-state index is 13.1. The van der Waals surface area contributed by atoms with Gasteiger partial charge in [-0.25, -0.2) is 4.39 Å². The molecule has 0 N–H and O–H groups in total. The van der Waals surface area contributed by atoms with Gasteiger partial charge in [-0.15, -0.1) is 0 Å². The molecule has 0 spiro atoms. The second-order valence-electron chi connectivity index (χ2n) is 4.29.